The SMILES string of the molecule is Cc1c2c(cc3ccccc13)Sc1cc3ccc(-c4ccccc4)cc3c3cc[n+](C)c-2c13. The van der Waals surface area contributed by atoms with Gasteiger partial charge in [0.05, 0.1) is 10.9 Å². The van der Waals surface area contributed by atoms with Crippen molar-refractivity contribution in [2.45, 2.75) is 16.7 Å². The van der Waals surface area contributed by atoms with Crippen LogP contribution in [0.3, 0.4) is 0 Å². The Morgan fingerprint density at radius 1 is 0.636 bits per heavy atom. The first kappa shape index (κ1) is 18.9. The van der Waals surface area contributed by atoms with Crippen LogP contribution in [0, 0.1) is 6.92 Å². The van der Waals surface area contributed by atoms with E-state index in [1.54, 1.807) is 0 Å². The molecule has 1 aliphatic heterocycles. The molecule has 0 amide bonds. The van der Waals surface area contributed by atoms with E-state index in [1.165, 1.54) is 70.1 Å². The summed E-state index contributed by atoms with van der Waals surface area (Å²) >= 11 is 1.91. The van der Waals surface area contributed by atoms with Crippen molar-refractivity contribution in [1.29, 1.82) is 0 Å². The van der Waals surface area contributed by atoms with Crippen LogP contribution >= 0.6 is 11.8 Å². The molecule has 0 unspecified atom stereocenters. The second-order valence-corrected chi connectivity index (χ2v) is 10.0. The molecule has 6 aromatic rings. The van der Waals surface area contributed by atoms with E-state index < -0.39 is 0 Å². The predicted octanol–water partition coefficient (Wildman–Crippen LogP) is 8.08. The second-order valence-electron chi connectivity index (χ2n) is 8.94. The molecule has 1 aromatic heterocycles. The van der Waals surface area contributed by atoms with Crippen LogP contribution < -0.4 is 4.57 Å². The van der Waals surface area contributed by atoms with Gasteiger partial charge in [0, 0.05) is 21.2 Å². The Morgan fingerprint density at radius 3 is 2.27 bits per heavy atom. The van der Waals surface area contributed by atoms with Gasteiger partial charge in [-0.15, -0.1) is 0 Å². The minimum atomic E-state index is 1.26. The molecular weight excluding hydrogens is 418 g/mol. The fraction of sp³-hybridized carbons (Fsp3) is 0.0645. The summed E-state index contributed by atoms with van der Waals surface area (Å²) in [6.45, 7) is 2.28. The van der Waals surface area contributed by atoms with Crippen LogP contribution in [0.1, 0.15) is 5.56 Å². The predicted molar refractivity (Wildman–Crippen MR) is 140 cm³/mol. The van der Waals surface area contributed by atoms with Crippen LogP contribution in [0.15, 0.2) is 107 Å². The zero-order valence-corrected chi connectivity index (χ0v) is 19.4. The summed E-state index contributed by atoms with van der Waals surface area (Å²) in [4.78, 5) is 2.69. The number of pyridine rings is 1. The van der Waals surface area contributed by atoms with E-state index in [1.807, 2.05) is 11.8 Å². The first-order chi connectivity index (χ1) is 16.2. The molecule has 2 heteroatoms. The molecule has 0 spiro atoms. The van der Waals surface area contributed by atoms with E-state index in [0.717, 1.165) is 0 Å². The Kier molecular flexibility index (Phi) is 3.97. The molecule has 0 saturated heterocycles. The third kappa shape index (κ3) is 2.71. The van der Waals surface area contributed by atoms with Gasteiger partial charge in [0.1, 0.15) is 7.05 Å². The normalized spacial score (nSPS) is 12.4. The van der Waals surface area contributed by atoms with Gasteiger partial charge in [0.2, 0.25) is 5.69 Å². The molecular formula is C31H22NS+. The average molecular weight is 441 g/mol. The molecule has 1 aliphatic rings. The minimum absolute atomic E-state index is 1.26. The molecule has 5 aromatic carbocycles. The van der Waals surface area contributed by atoms with Crippen molar-refractivity contribution >= 4 is 44.1 Å². The summed E-state index contributed by atoms with van der Waals surface area (Å²) in [6, 6.07) is 33.4. The van der Waals surface area contributed by atoms with Gasteiger partial charge in [-0.3, -0.25) is 0 Å². The van der Waals surface area contributed by atoms with Crippen LogP contribution in [-0.2, 0) is 7.05 Å². The highest BCUT2D eigenvalue weighted by Crippen LogP contribution is 2.51. The lowest BCUT2D eigenvalue weighted by atomic mass is 9.92. The summed E-state index contributed by atoms with van der Waals surface area (Å²) in [5.74, 6) is 0. The maximum atomic E-state index is 2.38. The monoisotopic (exact) mass is 440 g/mol. The third-order valence-electron chi connectivity index (χ3n) is 7.04. The molecule has 2 heterocycles. The third-order valence-corrected chi connectivity index (χ3v) is 8.12. The zero-order chi connectivity index (χ0) is 22.1. The van der Waals surface area contributed by atoms with Crippen molar-refractivity contribution in [1.82, 2.24) is 0 Å². The van der Waals surface area contributed by atoms with Crippen molar-refractivity contribution in [3.05, 3.63) is 103 Å². The van der Waals surface area contributed by atoms with Gasteiger partial charge in [-0.1, -0.05) is 78.5 Å². The van der Waals surface area contributed by atoms with Crippen LogP contribution in [0.25, 0.3) is 54.7 Å². The number of aryl methyl sites for hydroxylation is 2. The summed E-state index contributed by atoms with van der Waals surface area (Å²) in [6.07, 6.45) is 2.23. The lowest BCUT2D eigenvalue weighted by Gasteiger charge is -2.22. The number of rotatable bonds is 1. The highest BCUT2D eigenvalue weighted by atomic mass is 32.2. The highest BCUT2D eigenvalue weighted by Gasteiger charge is 2.29. The molecule has 1 nitrogen and oxygen atoms in total. The molecule has 0 radical (unpaired) electrons. The van der Waals surface area contributed by atoms with Gasteiger partial charge in [-0.25, -0.2) is 4.57 Å². The van der Waals surface area contributed by atoms with Crippen molar-refractivity contribution in [3.63, 3.8) is 0 Å². The Bertz CT molecular complexity index is 1750. The quantitative estimate of drug-likeness (QED) is 0.184. The van der Waals surface area contributed by atoms with Crippen molar-refractivity contribution < 1.29 is 4.57 Å². The molecule has 0 atom stereocenters. The van der Waals surface area contributed by atoms with Crippen LogP contribution in [0.2, 0.25) is 0 Å². The first-order valence-corrected chi connectivity index (χ1v) is 12.2. The fourth-order valence-electron chi connectivity index (χ4n) is 5.43. The van der Waals surface area contributed by atoms with Gasteiger partial charge in [-0.2, -0.15) is 0 Å². The van der Waals surface area contributed by atoms with Crippen LogP contribution in [0.5, 0.6) is 0 Å². The topological polar surface area (TPSA) is 3.88 Å². The number of hydrogen-bond donors (Lipinski definition) is 0. The summed E-state index contributed by atoms with van der Waals surface area (Å²) in [5.41, 5.74) is 6.58. The molecule has 0 fully saturated rings. The summed E-state index contributed by atoms with van der Waals surface area (Å²) in [5, 5.41) is 7.97. The Morgan fingerprint density at radius 2 is 1.39 bits per heavy atom. The summed E-state index contributed by atoms with van der Waals surface area (Å²) < 4.78 is 2.30. The Hall–Kier alpha value is -3.62. The van der Waals surface area contributed by atoms with Gasteiger partial charge in [0.15, 0.2) is 6.20 Å². The molecule has 0 N–H and O–H groups in total. The lowest BCUT2D eigenvalue weighted by molar-refractivity contribution is -0.659. The van der Waals surface area contributed by atoms with E-state index in [2.05, 4.69) is 116 Å². The van der Waals surface area contributed by atoms with E-state index in [9.17, 15) is 0 Å². The van der Waals surface area contributed by atoms with Crippen LogP contribution in [-0.4, -0.2) is 0 Å². The first-order valence-electron chi connectivity index (χ1n) is 11.3. The Balaban J connectivity index is 1.60. The maximum Gasteiger partial charge on any atom is 0.222 e. The molecule has 0 bridgehead atoms. The van der Waals surface area contributed by atoms with Gasteiger partial charge in [-0.05, 0) is 63.4 Å². The lowest BCUT2D eigenvalue weighted by Crippen LogP contribution is -2.31. The van der Waals surface area contributed by atoms with Crippen molar-refractivity contribution in [2.75, 3.05) is 0 Å². The minimum Gasteiger partial charge on any atom is -0.200 e. The molecule has 156 valence electrons. The fourth-order valence-corrected chi connectivity index (χ4v) is 6.70. The van der Waals surface area contributed by atoms with E-state index in [0.29, 0.717) is 0 Å². The average Bonchev–Trinajstić information content (AvgIpc) is 2.85. The highest BCUT2D eigenvalue weighted by molar-refractivity contribution is 7.99. The van der Waals surface area contributed by atoms with Crippen molar-refractivity contribution in [3.8, 4) is 22.4 Å². The maximum absolute atomic E-state index is 2.38. The van der Waals surface area contributed by atoms with E-state index >= 15 is 0 Å². The smallest absolute Gasteiger partial charge is 0.200 e. The van der Waals surface area contributed by atoms with Crippen molar-refractivity contribution in [2.24, 2.45) is 7.05 Å². The van der Waals surface area contributed by atoms with E-state index in [4.69, 9.17) is 0 Å². The van der Waals surface area contributed by atoms with Gasteiger partial charge >= 0.3 is 0 Å². The van der Waals surface area contributed by atoms with Gasteiger partial charge < -0.3 is 0 Å². The molecule has 0 saturated carbocycles. The second kappa shape index (κ2) is 6.94. The number of aromatic nitrogens is 1. The largest absolute Gasteiger partial charge is 0.222 e. The Labute approximate surface area is 197 Å². The molecule has 33 heavy (non-hydrogen) atoms. The van der Waals surface area contributed by atoms with Crippen LogP contribution in [0.4, 0.5) is 0 Å². The number of hydrogen-bond acceptors (Lipinski definition) is 1. The molecule has 7 rings (SSSR count). The number of benzene rings is 5. The number of fused-ring (bicyclic) bond motifs is 5. The standard InChI is InChI=1S/C31H22NS/c1-19-24-11-7-6-10-22(24)17-27-29(19)31-30-25(14-15-32(31)2)26-16-21(20-8-4-3-5-9-20)12-13-23(26)18-28(30)33-27/h3-18H,1-2H3/q+1. The van der Waals surface area contributed by atoms with E-state index in [-0.39, 0.29) is 0 Å². The number of nitrogens with zero attached hydrogens (tertiary/aromatic N) is 1. The van der Waals surface area contributed by atoms with Gasteiger partial charge in [0.25, 0.3) is 0 Å². The molecule has 0 aliphatic carbocycles. The summed E-state index contributed by atoms with van der Waals surface area (Å²) in [7, 11) is 2.18. The zero-order valence-electron chi connectivity index (χ0n) is 18.6.